The topological polar surface area (TPSA) is 32.3 Å². The van der Waals surface area contributed by atoms with E-state index >= 15 is 0 Å². The number of hydrogen-bond acceptors (Lipinski definition) is 3. The molecule has 22 heavy (non-hydrogen) atoms. The number of aldehydes is 1. The Morgan fingerprint density at radius 3 is 2.14 bits per heavy atom. The maximum absolute atomic E-state index is 11.7. The molecule has 3 rings (SSSR count). The third-order valence-electron chi connectivity index (χ3n) is 4.39. The summed E-state index contributed by atoms with van der Waals surface area (Å²) >= 11 is 0. The number of nitrogens with one attached hydrogen (secondary N) is 1. The molecule has 2 aromatic carbocycles. The number of nitrogens with zero attached hydrogens (tertiary/aromatic N) is 1. The Morgan fingerprint density at radius 1 is 0.955 bits per heavy atom. The van der Waals surface area contributed by atoms with Crippen molar-refractivity contribution >= 4 is 12.0 Å². The van der Waals surface area contributed by atoms with Crippen LogP contribution in [0.15, 0.2) is 60.7 Å². The maximum atomic E-state index is 11.7. The summed E-state index contributed by atoms with van der Waals surface area (Å²) < 4.78 is 0. The lowest BCUT2D eigenvalue weighted by atomic mass is 9.88. The van der Waals surface area contributed by atoms with Gasteiger partial charge in [0.2, 0.25) is 0 Å². The van der Waals surface area contributed by atoms with Crippen LogP contribution in [-0.4, -0.2) is 29.8 Å². The number of piperidine rings is 1. The lowest BCUT2D eigenvalue weighted by molar-refractivity contribution is -0.112. The highest BCUT2D eigenvalue weighted by atomic mass is 16.1. The number of rotatable bonds is 5. The third kappa shape index (κ3) is 3.55. The van der Waals surface area contributed by atoms with E-state index in [1.165, 1.54) is 5.56 Å². The molecule has 1 aliphatic rings. The second-order valence-electron chi connectivity index (χ2n) is 6.03. The Labute approximate surface area is 132 Å². The van der Waals surface area contributed by atoms with E-state index in [-0.39, 0.29) is 0 Å². The Balaban J connectivity index is 1.60. The molecule has 0 atom stereocenters. The quantitative estimate of drug-likeness (QED) is 0.859. The van der Waals surface area contributed by atoms with E-state index in [4.69, 9.17) is 0 Å². The van der Waals surface area contributed by atoms with Gasteiger partial charge in [0.05, 0.1) is 5.54 Å². The summed E-state index contributed by atoms with van der Waals surface area (Å²) in [5.41, 5.74) is 1.93. The molecule has 0 aromatic heterocycles. The van der Waals surface area contributed by atoms with E-state index in [1.807, 2.05) is 36.4 Å². The van der Waals surface area contributed by atoms with E-state index < -0.39 is 5.54 Å². The van der Waals surface area contributed by atoms with E-state index in [9.17, 15) is 4.79 Å². The first kappa shape index (κ1) is 14.8. The second kappa shape index (κ2) is 6.75. The first-order valence-corrected chi connectivity index (χ1v) is 7.86. The summed E-state index contributed by atoms with van der Waals surface area (Å²) in [5.74, 6) is 0. The van der Waals surface area contributed by atoms with Crippen LogP contribution < -0.4 is 5.32 Å². The molecular formula is C19H22N2O. The molecule has 0 amide bonds. The number of carbonyl (C=O) groups is 1. The van der Waals surface area contributed by atoms with Crippen LogP contribution in [0, 0.1) is 0 Å². The van der Waals surface area contributed by atoms with Crippen molar-refractivity contribution in [2.45, 2.75) is 24.9 Å². The number of carbonyl (C=O) groups excluding carboxylic acids is 1. The number of para-hydroxylation sites is 1. The van der Waals surface area contributed by atoms with Crippen molar-refractivity contribution in [2.75, 3.05) is 18.4 Å². The second-order valence-corrected chi connectivity index (χ2v) is 6.03. The molecule has 0 bridgehead atoms. The van der Waals surface area contributed by atoms with Crippen LogP contribution in [-0.2, 0) is 11.3 Å². The van der Waals surface area contributed by atoms with Crippen LogP contribution in [0.25, 0.3) is 0 Å². The number of hydrogen-bond donors (Lipinski definition) is 1. The lowest BCUT2D eigenvalue weighted by Gasteiger charge is -2.39. The first-order chi connectivity index (χ1) is 10.8. The van der Waals surface area contributed by atoms with Crippen LogP contribution in [0.5, 0.6) is 0 Å². The van der Waals surface area contributed by atoms with Crippen molar-refractivity contribution in [3.8, 4) is 0 Å². The van der Waals surface area contributed by atoms with Gasteiger partial charge in [0.25, 0.3) is 0 Å². The summed E-state index contributed by atoms with van der Waals surface area (Å²) in [5, 5.41) is 3.43. The molecule has 0 spiro atoms. The number of benzene rings is 2. The minimum atomic E-state index is -0.422. The summed E-state index contributed by atoms with van der Waals surface area (Å²) in [6.07, 6.45) is 2.79. The fourth-order valence-corrected chi connectivity index (χ4v) is 3.03. The molecule has 1 aliphatic heterocycles. The monoisotopic (exact) mass is 294 g/mol. The molecule has 3 heteroatoms. The summed E-state index contributed by atoms with van der Waals surface area (Å²) in [7, 11) is 0. The zero-order valence-corrected chi connectivity index (χ0v) is 12.7. The van der Waals surface area contributed by atoms with E-state index in [0.29, 0.717) is 0 Å². The van der Waals surface area contributed by atoms with Gasteiger partial charge >= 0.3 is 0 Å². The molecule has 1 fully saturated rings. The zero-order chi connectivity index (χ0) is 15.3. The average Bonchev–Trinajstić information content (AvgIpc) is 2.59. The van der Waals surface area contributed by atoms with E-state index in [1.54, 1.807) is 0 Å². The van der Waals surface area contributed by atoms with Gasteiger partial charge in [-0.1, -0.05) is 48.5 Å². The smallest absolute Gasteiger partial charge is 0.145 e. The SMILES string of the molecule is O=CC1(Nc2ccccc2)CCN(Cc2ccccc2)CC1. The largest absolute Gasteiger partial charge is 0.373 e. The van der Waals surface area contributed by atoms with Crippen LogP contribution >= 0.6 is 0 Å². The van der Waals surface area contributed by atoms with Crippen molar-refractivity contribution < 1.29 is 4.79 Å². The van der Waals surface area contributed by atoms with Gasteiger partial charge in [-0.25, -0.2) is 0 Å². The maximum Gasteiger partial charge on any atom is 0.145 e. The lowest BCUT2D eigenvalue weighted by Crippen LogP contribution is -2.50. The summed E-state index contributed by atoms with van der Waals surface area (Å²) in [6.45, 7) is 2.84. The van der Waals surface area contributed by atoms with Crippen molar-refractivity contribution in [1.29, 1.82) is 0 Å². The Hall–Kier alpha value is -2.13. The van der Waals surface area contributed by atoms with Crippen LogP contribution in [0.3, 0.4) is 0 Å². The molecule has 114 valence electrons. The number of anilines is 1. The minimum Gasteiger partial charge on any atom is -0.373 e. The van der Waals surface area contributed by atoms with Gasteiger partial charge in [0, 0.05) is 25.3 Å². The van der Waals surface area contributed by atoms with Crippen LogP contribution in [0.1, 0.15) is 18.4 Å². The first-order valence-electron chi connectivity index (χ1n) is 7.86. The highest BCUT2D eigenvalue weighted by molar-refractivity contribution is 5.71. The third-order valence-corrected chi connectivity index (χ3v) is 4.39. The summed E-state index contributed by atoms with van der Waals surface area (Å²) in [6, 6.07) is 20.5. The highest BCUT2D eigenvalue weighted by Gasteiger charge is 2.34. The van der Waals surface area contributed by atoms with Crippen molar-refractivity contribution in [3.05, 3.63) is 66.2 Å². The van der Waals surface area contributed by atoms with Gasteiger partial charge in [0.15, 0.2) is 0 Å². The van der Waals surface area contributed by atoms with Gasteiger partial charge < -0.3 is 10.1 Å². The van der Waals surface area contributed by atoms with Crippen molar-refractivity contribution in [2.24, 2.45) is 0 Å². The van der Waals surface area contributed by atoms with E-state index in [2.05, 4.69) is 34.5 Å². The standard InChI is InChI=1S/C19H22N2O/c22-16-19(20-18-9-5-2-6-10-18)11-13-21(14-12-19)15-17-7-3-1-4-8-17/h1-10,16,20H,11-15H2. The minimum absolute atomic E-state index is 0.422. The molecule has 0 saturated carbocycles. The van der Waals surface area contributed by atoms with Gasteiger partial charge in [-0.05, 0) is 30.5 Å². The molecule has 0 aliphatic carbocycles. The number of likely N-dealkylation sites (tertiary alicyclic amines) is 1. The molecule has 2 aromatic rings. The zero-order valence-electron chi connectivity index (χ0n) is 12.7. The molecule has 0 radical (unpaired) electrons. The fraction of sp³-hybridized carbons (Fsp3) is 0.316. The fourth-order valence-electron chi connectivity index (χ4n) is 3.03. The highest BCUT2D eigenvalue weighted by Crippen LogP contribution is 2.26. The average molecular weight is 294 g/mol. The normalized spacial score (nSPS) is 17.8. The predicted molar refractivity (Wildman–Crippen MR) is 89.8 cm³/mol. The Bertz CT molecular complexity index is 589. The Kier molecular flexibility index (Phi) is 4.54. The molecule has 1 saturated heterocycles. The molecule has 0 unspecified atom stereocenters. The van der Waals surface area contributed by atoms with Gasteiger partial charge in [-0.2, -0.15) is 0 Å². The van der Waals surface area contributed by atoms with Gasteiger partial charge in [-0.3, -0.25) is 4.90 Å². The van der Waals surface area contributed by atoms with E-state index in [0.717, 1.165) is 44.4 Å². The van der Waals surface area contributed by atoms with Gasteiger partial charge in [-0.15, -0.1) is 0 Å². The Morgan fingerprint density at radius 2 is 1.55 bits per heavy atom. The molecule has 3 nitrogen and oxygen atoms in total. The van der Waals surface area contributed by atoms with Crippen LogP contribution in [0.2, 0.25) is 0 Å². The van der Waals surface area contributed by atoms with Crippen molar-refractivity contribution in [3.63, 3.8) is 0 Å². The predicted octanol–water partition coefficient (Wildman–Crippen LogP) is 3.33. The molecular weight excluding hydrogens is 272 g/mol. The molecule has 1 N–H and O–H groups in total. The van der Waals surface area contributed by atoms with Crippen molar-refractivity contribution in [1.82, 2.24) is 4.90 Å². The summed E-state index contributed by atoms with van der Waals surface area (Å²) in [4.78, 5) is 14.1. The van der Waals surface area contributed by atoms with Gasteiger partial charge in [0.1, 0.15) is 6.29 Å². The molecule has 1 heterocycles. The van der Waals surface area contributed by atoms with Crippen LogP contribution in [0.4, 0.5) is 5.69 Å².